The average molecular weight is 248 g/mol. The van der Waals surface area contributed by atoms with Crippen LogP contribution in [0, 0.1) is 12.8 Å². The number of H-pyrrole nitrogens is 1. The van der Waals surface area contributed by atoms with E-state index in [1.165, 1.54) is 4.40 Å². The van der Waals surface area contributed by atoms with Gasteiger partial charge in [-0.05, 0) is 12.8 Å². The van der Waals surface area contributed by atoms with Crippen molar-refractivity contribution in [2.75, 3.05) is 0 Å². The number of nitrogens with one attached hydrogen (secondary N) is 1. The standard InChI is InChI=1S/C12H16N4O2/c1-7(2)4-10(17)5-9-6-11-14-15-12(18)16(11)8(3)13-9/h6-7H,4-5H2,1-3H3,(H,15,18). The molecule has 0 bridgehead atoms. The fourth-order valence-electron chi connectivity index (χ4n) is 1.98. The Morgan fingerprint density at radius 2 is 2.22 bits per heavy atom. The summed E-state index contributed by atoms with van der Waals surface area (Å²) in [4.78, 5) is 27.4. The van der Waals surface area contributed by atoms with Crippen molar-refractivity contribution in [2.24, 2.45) is 5.92 Å². The van der Waals surface area contributed by atoms with Crippen molar-refractivity contribution in [1.29, 1.82) is 0 Å². The maximum atomic E-state index is 11.7. The molecule has 96 valence electrons. The van der Waals surface area contributed by atoms with Gasteiger partial charge in [-0.1, -0.05) is 13.8 Å². The van der Waals surface area contributed by atoms with Gasteiger partial charge in [-0.2, -0.15) is 5.10 Å². The molecule has 2 heterocycles. The van der Waals surface area contributed by atoms with Crippen LogP contribution in [0.5, 0.6) is 0 Å². The first-order valence-electron chi connectivity index (χ1n) is 5.92. The third-order valence-electron chi connectivity index (χ3n) is 2.64. The van der Waals surface area contributed by atoms with Crippen LogP contribution in [-0.2, 0) is 11.2 Å². The summed E-state index contributed by atoms with van der Waals surface area (Å²) in [6.45, 7) is 5.74. The summed E-state index contributed by atoms with van der Waals surface area (Å²) in [6, 6.07) is 1.67. The number of hydrogen-bond acceptors (Lipinski definition) is 4. The molecule has 0 aromatic carbocycles. The molecule has 6 nitrogen and oxygen atoms in total. The maximum Gasteiger partial charge on any atom is 0.349 e. The molecule has 0 unspecified atom stereocenters. The number of carbonyl (C=O) groups excluding carboxylic acids is 1. The highest BCUT2D eigenvalue weighted by Gasteiger charge is 2.11. The first-order valence-corrected chi connectivity index (χ1v) is 5.92. The summed E-state index contributed by atoms with van der Waals surface area (Å²) in [6.07, 6.45) is 0.829. The van der Waals surface area contributed by atoms with Gasteiger partial charge in [0.05, 0.1) is 5.69 Å². The van der Waals surface area contributed by atoms with Crippen molar-refractivity contribution in [1.82, 2.24) is 19.6 Å². The van der Waals surface area contributed by atoms with E-state index in [1.54, 1.807) is 13.0 Å². The Kier molecular flexibility index (Phi) is 3.27. The lowest BCUT2D eigenvalue weighted by Gasteiger charge is -2.05. The summed E-state index contributed by atoms with van der Waals surface area (Å²) in [7, 11) is 0. The van der Waals surface area contributed by atoms with E-state index in [9.17, 15) is 9.59 Å². The molecule has 0 aliphatic heterocycles. The van der Waals surface area contributed by atoms with Crippen molar-refractivity contribution in [3.05, 3.63) is 28.1 Å². The lowest BCUT2D eigenvalue weighted by molar-refractivity contribution is -0.119. The number of aromatic nitrogens is 4. The maximum absolute atomic E-state index is 11.7. The molecule has 6 heteroatoms. The van der Waals surface area contributed by atoms with E-state index in [-0.39, 0.29) is 17.9 Å². The van der Waals surface area contributed by atoms with Crippen LogP contribution in [-0.4, -0.2) is 25.4 Å². The van der Waals surface area contributed by atoms with Crippen molar-refractivity contribution >= 4 is 11.4 Å². The fraction of sp³-hybridized carbons (Fsp3) is 0.500. The van der Waals surface area contributed by atoms with Gasteiger partial charge in [0.15, 0.2) is 5.65 Å². The summed E-state index contributed by atoms with van der Waals surface area (Å²) < 4.78 is 1.39. The van der Waals surface area contributed by atoms with Crippen LogP contribution in [0.1, 0.15) is 31.8 Å². The topological polar surface area (TPSA) is 80.1 Å². The largest absolute Gasteiger partial charge is 0.349 e. The second-order valence-electron chi connectivity index (χ2n) is 4.83. The molecule has 2 rings (SSSR count). The number of aryl methyl sites for hydroxylation is 1. The van der Waals surface area contributed by atoms with Crippen LogP contribution in [0.15, 0.2) is 10.9 Å². The van der Waals surface area contributed by atoms with Crippen LogP contribution in [0.4, 0.5) is 0 Å². The van der Waals surface area contributed by atoms with E-state index in [0.29, 0.717) is 29.5 Å². The van der Waals surface area contributed by atoms with Crippen LogP contribution in [0.3, 0.4) is 0 Å². The molecule has 0 saturated carbocycles. The van der Waals surface area contributed by atoms with E-state index >= 15 is 0 Å². The number of fused-ring (bicyclic) bond motifs is 1. The molecule has 2 aromatic rings. The molecular formula is C12H16N4O2. The van der Waals surface area contributed by atoms with Gasteiger partial charge in [-0.3, -0.25) is 4.79 Å². The van der Waals surface area contributed by atoms with Gasteiger partial charge < -0.3 is 0 Å². The third kappa shape index (κ3) is 2.47. The van der Waals surface area contributed by atoms with Gasteiger partial charge in [0.1, 0.15) is 11.6 Å². The summed E-state index contributed by atoms with van der Waals surface area (Å²) in [5.74, 6) is 1.04. The van der Waals surface area contributed by atoms with E-state index in [1.807, 2.05) is 13.8 Å². The zero-order valence-corrected chi connectivity index (χ0v) is 10.7. The second kappa shape index (κ2) is 4.72. The predicted octanol–water partition coefficient (Wildman–Crippen LogP) is 0.884. The van der Waals surface area contributed by atoms with Gasteiger partial charge >= 0.3 is 5.69 Å². The molecule has 0 spiro atoms. The molecule has 0 fully saturated rings. The normalized spacial score (nSPS) is 11.3. The molecule has 0 amide bonds. The molecule has 18 heavy (non-hydrogen) atoms. The van der Waals surface area contributed by atoms with Crippen molar-refractivity contribution in [3.8, 4) is 0 Å². The zero-order chi connectivity index (χ0) is 13.3. The summed E-state index contributed by atoms with van der Waals surface area (Å²) in [5, 5.41) is 6.24. The Bertz CT molecular complexity index is 639. The van der Waals surface area contributed by atoms with Gasteiger partial charge in [-0.25, -0.2) is 19.3 Å². The highest BCUT2D eigenvalue weighted by atomic mass is 16.1. The van der Waals surface area contributed by atoms with Crippen molar-refractivity contribution in [2.45, 2.75) is 33.6 Å². The predicted molar refractivity (Wildman–Crippen MR) is 66.5 cm³/mol. The van der Waals surface area contributed by atoms with Crippen molar-refractivity contribution in [3.63, 3.8) is 0 Å². The molecule has 0 atom stereocenters. The minimum Gasteiger partial charge on any atom is -0.299 e. The number of carbonyl (C=O) groups is 1. The quantitative estimate of drug-likeness (QED) is 0.871. The van der Waals surface area contributed by atoms with E-state index in [4.69, 9.17) is 0 Å². The van der Waals surface area contributed by atoms with Gasteiger partial charge in [0.2, 0.25) is 0 Å². The van der Waals surface area contributed by atoms with Crippen LogP contribution in [0.25, 0.3) is 5.65 Å². The molecule has 0 saturated heterocycles. The van der Waals surface area contributed by atoms with Crippen LogP contribution < -0.4 is 5.69 Å². The van der Waals surface area contributed by atoms with E-state index in [2.05, 4.69) is 15.2 Å². The smallest absolute Gasteiger partial charge is 0.299 e. The lowest BCUT2D eigenvalue weighted by Crippen LogP contribution is -2.15. The summed E-state index contributed by atoms with van der Waals surface area (Å²) >= 11 is 0. The number of aromatic amines is 1. The highest BCUT2D eigenvalue weighted by Crippen LogP contribution is 2.08. The molecular weight excluding hydrogens is 232 g/mol. The number of Topliss-reactive ketones (excluding diaryl/α,β-unsaturated/α-hetero) is 1. The van der Waals surface area contributed by atoms with E-state index in [0.717, 1.165) is 0 Å². The number of ketones is 1. The first-order chi connectivity index (χ1) is 8.47. The minimum atomic E-state index is -0.310. The van der Waals surface area contributed by atoms with Gasteiger partial charge in [0.25, 0.3) is 0 Å². The lowest BCUT2D eigenvalue weighted by atomic mass is 10.0. The van der Waals surface area contributed by atoms with E-state index < -0.39 is 0 Å². The second-order valence-corrected chi connectivity index (χ2v) is 4.83. The third-order valence-corrected chi connectivity index (χ3v) is 2.64. The van der Waals surface area contributed by atoms with Gasteiger partial charge in [0, 0.05) is 18.9 Å². The number of nitrogens with zero attached hydrogens (tertiary/aromatic N) is 3. The fourth-order valence-corrected chi connectivity index (χ4v) is 1.98. The highest BCUT2D eigenvalue weighted by molar-refractivity contribution is 5.80. The Morgan fingerprint density at radius 3 is 2.89 bits per heavy atom. The molecule has 0 aliphatic rings. The van der Waals surface area contributed by atoms with Crippen LogP contribution in [0.2, 0.25) is 0 Å². The Labute approximate surface area is 104 Å². The SMILES string of the molecule is Cc1nc(CC(=O)CC(C)C)cc2n[nH]c(=O)n12. The molecule has 1 N–H and O–H groups in total. The zero-order valence-electron chi connectivity index (χ0n) is 10.7. The van der Waals surface area contributed by atoms with Crippen molar-refractivity contribution < 1.29 is 4.79 Å². The number of hydrogen-bond donors (Lipinski definition) is 1. The molecule has 0 aliphatic carbocycles. The summed E-state index contributed by atoms with van der Waals surface area (Å²) in [5.41, 5.74) is 0.847. The number of rotatable bonds is 4. The minimum absolute atomic E-state index is 0.152. The van der Waals surface area contributed by atoms with Gasteiger partial charge in [-0.15, -0.1) is 0 Å². The Balaban J connectivity index is 2.30. The van der Waals surface area contributed by atoms with Crippen LogP contribution >= 0.6 is 0 Å². The monoisotopic (exact) mass is 248 g/mol. The molecule has 2 aromatic heterocycles. The molecule has 0 radical (unpaired) electrons. The Morgan fingerprint density at radius 1 is 1.50 bits per heavy atom. The average Bonchev–Trinajstić information content (AvgIpc) is 2.58. The Hall–Kier alpha value is -1.98. The first kappa shape index (κ1) is 12.5.